The van der Waals surface area contributed by atoms with Crippen molar-refractivity contribution in [2.45, 2.75) is 46.2 Å². The number of amides is 1. The molecule has 4 heteroatoms. The van der Waals surface area contributed by atoms with Crippen molar-refractivity contribution in [3.63, 3.8) is 0 Å². The van der Waals surface area contributed by atoms with Gasteiger partial charge in [0.05, 0.1) is 19.2 Å². The van der Waals surface area contributed by atoms with Gasteiger partial charge in [0, 0.05) is 5.56 Å². The minimum atomic E-state index is -0.465. The van der Waals surface area contributed by atoms with E-state index in [4.69, 9.17) is 10.5 Å². The quantitative estimate of drug-likeness (QED) is 0.840. The standard InChI is InChI=1S/C16H26N2O2/c1-10(2)8-14(17)16(19)18-12(4)13-9-11(3)6-7-15(13)20-5/h6-7,9-10,12,14H,8,17H2,1-5H3,(H,18,19)/t12?,14-/m0/s1. The summed E-state index contributed by atoms with van der Waals surface area (Å²) in [5, 5.41) is 2.96. The Labute approximate surface area is 121 Å². The topological polar surface area (TPSA) is 64.3 Å². The monoisotopic (exact) mass is 278 g/mol. The van der Waals surface area contributed by atoms with Gasteiger partial charge >= 0.3 is 0 Å². The molecule has 0 saturated heterocycles. The van der Waals surface area contributed by atoms with Crippen molar-refractivity contribution in [3.05, 3.63) is 29.3 Å². The first-order valence-electron chi connectivity index (χ1n) is 7.05. The van der Waals surface area contributed by atoms with Crippen LogP contribution in [0.2, 0.25) is 0 Å². The zero-order chi connectivity index (χ0) is 15.3. The van der Waals surface area contributed by atoms with E-state index in [2.05, 4.69) is 19.2 Å². The summed E-state index contributed by atoms with van der Waals surface area (Å²) in [6.45, 7) is 8.07. The summed E-state index contributed by atoms with van der Waals surface area (Å²) in [5.74, 6) is 1.06. The van der Waals surface area contributed by atoms with Crippen molar-refractivity contribution in [1.29, 1.82) is 0 Å². The van der Waals surface area contributed by atoms with E-state index in [0.29, 0.717) is 12.3 Å². The molecule has 1 amide bonds. The second-order valence-corrected chi connectivity index (χ2v) is 5.71. The zero-order valence-corrected chi connectivity index (χ0v) is 13.1. The Morgan fingerprint density at radius 2 is 2.00 bits per heavy atom. The van der Waals surface area contributed by atoms with E-state index in [1.165, 1.54) is 0 Å². The van der Waals surface area contributed by atoms with Crippen LogP contribution < -0.4 is 15.8 Å². The highest BCUT2D eigenvalue weighted by molar-refractivity contribution is 5.81. The molecule has 1 aromatic carbocycles. The van der Waals surface area contributed by atoms with Gasteiger partial charge < -0.3 is 15.8 Å². The Morgan fingerprint density at radius 1 is 1.35 bits per heavy atom. The maximum Gasteiger partial charge on any atom is 0.237 e. The van der Waals surface area contributed by atoms with Gasteiger partial charge in [0.1, 0.15) is 5.75 Å². The molecular weight excluding hydrogens is 252 g/mol. The van der Waals surface area contributed by atoms with E-state index < -0.39 is 6.04 Å². The van der Waals surface area contributed by atoms with Gasteiger partial charge in [-0.1, -0.05) is 31.5 Å². The molecule has 0 spiro atoms. The molecule has 4 nitrogen and oxygen atoms in total. The summed E-state index contributed by atoms with van der Waals surface area (Å²) < 4.78 is 5.35. The number of nitrogens with one attached hydrogen (secondary N) is 1. The summed E-state index contributed by atoms with van der Waals surface area (Å²) >= 11 is 0. The number of rotatable bonds is 6. The molecular formula is C16H26N2O2. The average Bonchev–Trinajstić information content (AvgIpc) is 2.37. The molecule has 1 aromatic rings. The fourth-order valence-corrected chi connectivity index (χ4v) is 2.21. The van der Waals surface area contributed by atoms with E-state index >= 15 is 0 Å². The van der Waals surface area contributed by atoms with Crippen LogP contribution in [0.5, 0.6) is 5.75 Å². The SMILES string of the molecule is COc1ccc(C)cc1C(C)NC(=O)[C@@H](N)CC(C)C. The van der Waals surface area contributed by atoms with Crippen LogP contribution in [-0.4, -0.2) is 19.1 Å². The molecule has 0 radical (unpaired) electrons. The molecule has 0 aliphatic heterocycles. The zero-order valence-electron chi connectivity index (χ0n) is 13.1. The normalized spacial score (nSPS) is 13.9. The first-order chi connectivity index (χ1) is 9.35. The predicted octanol–water partition coefficient (Wildman–Crippen LogP) is 2.55. The fraction of sp³-hybridized carbons (Fsp3) is 0.562. The Kier molecular flexibility index (Phi) is 6.02. The minimum absolute atomic E-state index is 0.116. The lowest BCUT2D eigenvalue weighted by Crippen LogP contribution is -2.42. The van der Waals surface area contributed by atoms with Crippen molar-refractivity contribution < 1.29 is 9.53 Å². The number of hydrogen-bond donors (Lipinski definition) is 2. The highest BCUT2D eigenvalue weighted by Crippen LogP contribution is 2.26. The van der Waals surface area contributed by atoms with Crippen LogP contribution >= 0.6 is 0 Å². The lowest BCUT2D eigenvalue weighted by Gasteiger charge is -2.21. The van der Waals surface area contributed by atoms with Crippen LogP contribution in [0.4, 0.5) is 0 Å². The third-order valence-electron chi connectivity index (χ3n) is 3.27. The predicted molar refractivity (Wildman–Crippen MR) is 81.7 cm³/mol. The number of ether oxygens (including phenoxy) is 1. The van der Waals surface area contributed by atoms with Gasteiger partial charge in [-0.3, -0.25) is 4.79 Å². The molecule has 0 aliphatic carbocycles. The van der Waals surface area contributed by atoms with Crippen LogP contribution in [0.3, 0.4) is 0 Å². The molecule has 112 valence electrons. The van der Waals surface area contributed by atoms with Crippen molar-refractivity contribution >= 4 is 5.91 Å². The van der Waals surface area contributed by atoms with Crippen molar-refractivity contribution in [3.8, 4) is 5.75 Å². The number of carbonyl (C=O) groups is 1. The Hall–Kier alpha value is -1.55. The number of nitrogens with two attached hydrogens (primary N) is 1. The Morgan fingerprint density at radius 3 is 2.55 bits per heavy atom. The highest BCUT2D eigenvalue weighted by Gasteiger charge is 2.19. The van der Waals surface area contributed by atoms with Crippen LogP contribution in [0.1, 0.15) is 44.4 Å². The molecule has 1 rings (SSSR count). The largest absolute Gasteiger partial charge is 0.496 e. The average molecular weight is 278 g/mol. The molecule has 3 N–H and O–H groups in total. The molecule has 0 bridgehead atoms. The smallest absolute Gasteiger partial charge is 0.237 e. The number of benzene rings is 1. The summed E-state index contributed by atoms with van der Waals surface area (Å²) in [6, 6.07) is 5.34. The first kappa shape index (κ1) is 16.5. The maximum absolute atomic E-state index is 12.1. The number of aryl methyl sites for hydroxylation is 1. The van der Waals surface area contributed by atoms with Gasteiger partial charge in [-0.2, -0.15) is 0 Å². The lowest BCUT2D eigenvalue weighted by molar-refractivity contribution is -0.123. The van der Waals surface area contributed by atoms with Crippen LogP contribution in [0, 0.1) is 12.8 Å². The third-order valence-corrected chi connectivity index (χ3v) is 3.27. The second-order valence-electron chi connectivity index (χ2n) is 5.71. The molecule has 1 unspecified atom stereocenters. The van der Waals surface area contributed by atoms with Gasteiger partial charge in [0.25, 0.3) is 0 Å². The lowest BCUT2D eigenvalue weighted by atomic mass is 10.0. The number of carbonyl (C=O) groups excluding carboxylic acids is 1. The van der Waals surface area contributed by atoms with Crippen molar-refractivity contribution in [1.82, 2.24) is 5.32 Å². The van der Waals surface area contributed by atoms with E-state index in [9.17, 15) is 4.79 Å². The number of methoxy groups -OCH3 is 1. The van der Waals surface area contributed by atoms with Crippen molar-refractivity contribution in [2.24, 2.45) is 11.7 Å². The summed E-state index contributed by atoms with van der Waals surface area (Å²) in [7, 11) is 1.63. The fourth-order valence-electron chi connectivity index (χ4n) is 2.21. The van der Waals surface area contributed by atoms with Gasteiger partial charge in [-0.25, -0.2) is 0 Å². The molecule has 0 saturated carbocycles. The van der Waals surface area contributed by atoms with Gasteiger partial charge in [-0.05, 0) is 32.3 Å². The molecule has 0 aliphatic rings. The van der Waals surface area contributed by atoms with E-state index in [0.717, 1.165) is 16.9 Å². The Balaban J connectivity index is 2.78. The number of hydrogen-bond acceptors (Lipinski definition) is 3. The third kappa shape index (κ3) is 4.53. The van der Waals surface area contributed by atoms with Crippen LogP contribution in [-0.2, 0) is 4.79 Å². The molecule has 0 aromatic heterocycles. The Bertz CT molecular complexity index is 458. The van der Waals surface area contributed by atoms with Gasteiger partial charge in [0.2, 0.25) is 5.91 Å². The molecule has 20 heavy (non-hydrogen) atoms. The second kappa shape index (κ2) is 7.29. The molecule has 0 fully saturated rings. The summed E-state index contributed by atoms with van der Waals surface area (Å²) in [4.78, 5) is 12.1. The van der Waals surface area contributed by atoms with Crippen molar-refractivity contribution in [2.75, 3.05) is 7.11 Å². The summed E-state index contributed by atoms with van der Waals surface area (Å²) in [6.07, 6.45) is 0.684. The van der Waals surface area contributed by atoms with Crippen LogP contribution in [0.25, 0.3) is 0 Å². The first-order valence-corrected chi connectivity index (χ1v) is 7.05. The van der Waals surface area contributed by atoms with Gasteiger partial charge in [0.15, 0.2) is 0 Å². The minimum Gasteiger partial charge on any atom is -0.496 e. The maximum atomic E-state index is 12.1. The van der Waals surface area contributed by atoms with E-state index in [1.54, 1.807) is 7.11 Å². The highest BCUT2D eigenvalue weighted by atomic mass is 16.5. The molecule has 0 heterocycles. The van der Waals surface area contributed by atoms with Gasteiger partial charge in [-0.15, -0.1) is 0 Å². The molecule has 2 atom stereocenters. The van der Waals surface area contributed by atoms with E-state index in [1.807, 2.05) is 32.0 Å². The van der Waals surface area contributed by atoms with E-state index in [-0.39, 0.29) is 11.9 Å². The van der Waals surface area contributed by atoms with Crippen LogP contribution in [0.15, 0.2) is 18.2 Å². The summed E-state index contributed by atoms with van der Waals surface area (Å²) in [5.41, 5.74) is 8.00.